The van der Waals surface area contributed by atoms with E-state index in [2.05, 4.69) is 25.2 Å². The fourth-order valence-electron chi connectivity index (χ4n) is 3.27. The van der Waals surface area contributed by atoms with Gasteiger partial charge in [-0.15, -0.1) is 0 Å². The van der Waals surface area contributed by atoms with Gasteiger partial charge >= 0.3 is 0 Å². The molecule has 1 fully saturated rings. The molecular weight excluding hydrogens is 320 g/mol. The maximum atomic E-state index is 12.8. The number of hydrogen-bond acceptors (Lipinski definition) is 7. The van der Waals surface area contributed by atoms with Gasteiger partial charge < -0.3 is 9.80 Å². The van der Waals surface area contributed by atoms with Gasteiger partial charge in [-0.25, -0.2) is 14.6 Å². The zero-order valence-electron chi connectivity index (χ0n) is 15.2. The minimum absolute atomic E-state index is 0.00989. The Morgan fingerprint density at radius 2 is 2.16 bits per heavy atom. The van der Waals surface area contributed by atoms with Crippen LogP contribution in [0.5, 0.6) is 0 Å². The summed E-state index contributed by atoms with van der Waals surface area (Å²) in [6.45, 7) is 5.16. The molecule has 1 amide bonds. The number of amides is 1. The average Bonchev–Trinajstić information content (AvgIpc) is 3.18. The molecule has 2 aromatic rings. The largest absolute Gasteiger partial charge is 0.334 e. The number of carbonyl (C=O) groups excluding carboxylic acids is 1. The third kappa shape index (κ3) is 3.84. The lowest BCUT2D eigenvalue weighted by atomic mass is 10.0. The second kappa shape index (κ2) is 7.26. The molecule has 1 atom stereocenters. The van der Waals surface area contributed by atoms with E-state index in [4.69, 9.17) is 4.63 Å². The summed E-state index contributed by atoms with van der Waals surface area (Å²) in [7, 11) is 4.03. The standard InChI is InChI=1S/C17H24N6O2/c1-11-14(21-25-20-11)8-16(24)23-7-5-6-15(23)17-13(10-22(3)4)9-18-12(2)19-17/h9,15H,5-8,10H2,1-4H3. The monoisotopic (exact) mass is 344 g/mol. The van der Waals surface area contributed by atoms with E-state index in [0.29, 0.717) is 11.4 Å². The fourth-order valence-corrected chi connectivity index (χ4v) is 3.27. The molecule has 1 aliphatic heterocycles. The Morgan fingerprint density at radius 1 is 1.36 bits per heavy atom. The second-order valence-electron chi connectivity index (χ2n) is 6.78. The maximum Gasteiger partial charge on any atom is 0.229 e. The van der Waals surface area contributed by atoms with Gasteiger partial charge in [-0.1, -0.05) is 10.3 Å². The van der Waals surface area contributed by atoms with Crippen LogP contribution in [0.4, 0.5) is 0 Å². The molecule has 8 heteroatoms. The lowest BCUT2D eigenvalue weighted by Gasteiger charge is -2.26. The first-order valence-electron chi connectivity index (χ1n) is 8.50. The highest BCUT2D eigenvalue weighted by Gasteiger charge is 2.33. The minimum Gasteiger partial charge on any atom is -0.334 e. The Labute approximate surface area is 147 Å². The van der Waals surface area contributed by atoms with Crippen molar-refractivity contribution in [1.82, 2.24) is 30.1 Å². The molecule has 2 aromatic heterocycles. The van der Waals surface area contributed by atoms with Crippen LogP contribution in [-0.2, 0) is 17.8 Å². The molecule has 0 aliphatic carbocycles. The van der Waals surface area contributed by atoms with Crippen LogP contribution in [-0.4, -0.2) is 56.6 Å². The van der Waals surface area contributed by atoms with E-state index >= 15 is 0 Å². The summed E-state index contributed by atoms with van der Waals surface area (Å²) in [5, 5.41) is 7.58. The van der Waals surface area contributed by atoms with Gasteiger partial charge in [-0.3, -0.25) is 4.79 Å². The minimum atomic E-state index is -0.00989. The Balaban J connectivity index is 1.85. The highest BCUT2D eigenvalue weighted by Crippen LogP contribution is 2.33. The molecule has 0 aromatic carbocycles. The first kappa shape index (κ1) is 17.5. The SMILES string of the molecule is Cc1ncc(CN(C)C)c(C2CCCN2C(=O)Cc2nonc2C)n1. The van der Waals surface area contributed by atoms with Crippen molar-refractivity contribution in [2.45, 2.75) is 45.7 Å². The summed E-state index contributed by atoms with van der Waals surface area (Å²) in [4.78, 5) is 25.8. The van der Waals surface area contributed by atoms with Gasteiger partial charge in [0.25, 0.3) is 0 Å². The Bertz CT molecular complexity index is 757. The number of nitrogens with zero attached hydrogens (tertiary/aromatic N) is 6. The number of hydrogen-bond donors (Lipinski definition) is 0. The molecule has 8 nitrogen and oxygen atoms in total. The third-order valence-corrected chi connectivity index (χ3v) is 4.46. The zero-order chi connectivity index (χ0) is 18.0. The van der Waals surface area contributed by atoms with E-state index in [0.717, 1.165) is 43.0 Å². The van der Waals surface area contributed by atoms with Crippen LogP contribution < -0.4 is 0 Å². The van der Waals surface area contributed by atoms with Gasteiger partial charge in [0.15, 0.2) is 0 Å². The number of aromatic nitrogens is 4. The smallest absolute Gasteiger partial charge is 0.229 e. The molecule has 1 unspecified atom stereocenters. The van der Waals surface area contributed by atoms with E-state index in [-0.39, 0.29) is 18.4 Å². The van der Waals surface area contributed by atoms with Crippen molar-refractivity contribution in [3.8, 4) is 0 Å². The van der Waals surface area contributed by atoms with Crippen LogP contribution in [0.25, 0.3) is 0 Å². The summed E-state index contributed by atoms with van der Waals surface area (Å²) < 4.78 is 4.70. The first-order valence-corrected chi connectivity index (χ1v) is 8.50. The quantitative estimate of drug-likeness (QED) is 0.811. The summed E-state index contributed by atoms with van der Waals surface area (Å²) >= 11 is 0. The van der Waals surface area contributed by atoms with Crippen molar-refractivity contribution in [2.24, 2.45) is 0 Å². The molecule has 1 aliphatic rings. The van der Waals surface area contributed by atoms with Gasteiger partial charge in [0.2, 0.25) is 5.91 Å². The predicted octanol–water partition coefficient (Wildman–Crippen LogP) is 1.44. The Morgan fingerprint density at radius 3 is 2.84 bits per heavy atom. The zero-order valence-corrected chi connectivity index (χ0v) is 15.2. The molecule has 1 saturated heterocycles. The summed E-state index contributed by atoms with van der Waals surface area (Å²) in [6, 6.07) is -0.00989. The van der Waals surface area contributed by atoms with Crippen LogP contribution in [0.15, 0.2) is 10.8 Å². The molecule has 134 valence electrons. The molecule has 0 radical (unpaired) electrons. The average molecular weight is 344 g/mol. The van der Waals surface area contributed by atoms with Crippen LogP contribution in [0.3, 0.4) is 0 Å². The Hall–Kier alpha value is -2.35. The van der Waals surface area contributed by atoms with Gasteiger partial charge in [-0.2, -0.15) is 0 Å². The van der Waals surface area contributed by atoms with Crippen molar-refractivity contribution in [1.29, 1.82) is 0 Å². The van der Waals surface area contributed by atoms with E-state index in [1.165, 1.54) is 0 Å². The maximum absolute atomic E-state index is 12.8. The van der Waals surface area contributed by atoms with Crippen LogP contribution in [0, 0.1) is 13.8 Å². The summed E-state index contributed by atoms with van der Waals surface area (Å²) in [6.07, 6.45) is 3.97. The van der Waals surface area contributed by atoms with Crippen molar-refractivity contribution in [3.05, 3.63) is 34.7 Å². The van der Waals surface area contributed by atoms with Gasteiger partial charge in [-0.05, 0) is 40.8 Å². The molecule has 3 heterocycles. The number of rotatable bonds is 5. The molecule has 0 N–H and O–H groups in total. The molecule has 0 spiro atoms. The number of aryl methyl sites for hydroxylation is 2. The molecule has 3 rings (SSSR count). The van der Waals surface area contributed by atoms with Crippen molar-refractivity contribution >= 4 is 5.91 Å². The van der Waals surface area contributed by atoms with Crippen LogP contribution in [0.2, 0.25) is 0 Å². The second-order valence-corrected chi connectivity index (χ2v) is 6.78. The summed E-state index contributed by atoms with van der Waals surface area (Å²) in [5.74, 6) is 0.765. The highest BCUT2D eigenvalue weighted by atomic mass is 16.6. The van der Waals surface area contributed by atoms with Crippen LogP contribution >= 0.6 is 0 Å². The van der Waals surface area contributed by atoms with E-state index in [9.17, 15) is 4.79 Å². The highest BCUT2D eigenvalue weighted by molar-refractivity contribution is 5.79. The summed E-state index contributed by atoms with van der Waals surface area (Å²) in [5.41, 5.74) is 3.29. The molecule has 0 bridgehead atoms. The van der Waals surface area contributed by atoms with Gasteiger partial charge in [0.1, 0.15) is 17.2 Å². The van der Waals surface area contributed by atoms with Crippen molar-refractivity contribution in [2.75, 3.05) is 20.6 Å². The van der Waals surface area contributed by atoms with Crippen LogP contribution in [0.1, 0.15) is 47.4 Å². The third-order valence-electron chi connectivity index (χ3n) is 4.46. The number of carbonyl (C=O) groups is 1. The lowest BCUT2D eigenvalue weighted by molar-refractivity contribution is -0.131. The predicted molar refractivity (Wildman–Crippen MR) is 90.6 cm³/mol. The normalized spacial score (nSPS) is 17.5. The van der Waals surface area contributed by atoms with E-state index < -0.39 is 0 Å². The van der Waals surface area contributed by atoms with E-state index in [1.54, 1.807) is 6.92 Å². The topological polar surface area (TPSA) is 88.3 Å². The molecule has 0 saturated carbocycles. The Kier molecular flexibility index (Phi) is 5.08. The lowest BCUT2D eigenvalue weighted by Crippen LogP contribution is -2.33. The van der Waals surface area contributed by atoms with E-state index in [1.807, 2.05) is 32.1 Å². The fraction of sp³-hybridized carbons (Fsp3) is 0.588. The molecule has 25 heavy (non-hydrogen) atoms. The van der Waals surface area contributed by atoms with Crippen molar-refractivity contribution in [3.63, 3.8) is 0 Å². The number of likely N-dealkylation sites (tertiary alicyclic amines) is 1. The van der Waals surface area contributed by atoms with Gasteiger partial charge in [0.05, 0.1) is 18.2 Å². The first-order chi connectivity index (χ1) is 12.0. The van der Waals surface area contributed by atoms with Gasteiger partial charge in [0, 0.05) is 24.8 Å². The molecular formula is C17H24N6O2. The van der Waals surface area contributed by atoms with Crippen molar-refractivity contribution < 1.29 is 9.42 Å².